The van der Waals surface area contributed by atoms with Crippen LogP contribution < -0.4 is 10.6 Å². The lowest BCUT2D eigenvalue weighted by Gasteiger charge is -2.26. The summed E-state index contributed by atoms with van der Waals surface area (Å²) in [5.74, 6) is -0.626. The molecule has 2 N–H and O–H groups in total. The van der Waals surface area contributed by atoms with E-state index in [1.807, 2.05) is 12.1 Å². The Morgan fingerprint density at radius 2 is 2.10 bits per heavy atom. The number of hydrogen-bond donors (Lipinski definition) is 2. The predicted octanol–water partition coefficient (Wildman–Crippen LogP) is 2.37. The Morgan fingerprint density at radius 1 is 1.31 bits per heavy atom. The smallest absolute Gasteiger partial charge is 0.275 e. The summed E-state index contributed by atoms with van der Waals surface area (Å²) >= 11 is 4.58. The molecular formula is C19H23BrN4O4S. The van der Waals surface area contributed by atoms with Crippen LogP contribution in [0.5, 0.6) is 0 Å². The molecule has 1 fully saturated rings. The molecule has 0 aliphatic carbocycles. The third-order valence-electron chi connectivity index (χ3n) is 4.39. The number of anilines is 1. The Balaban J connectivity index is 1.78. The third-order valence-corrected chi connectivity index (χ3v) is 5.75. The Hall–Kier alpha value is -1.85. The molecule has 0 radical (unpaired) electrons. The van der Waals surface area contributed by atoms with E-state index in [9.17, 15) is 9.59 Å². The van der Waals surface area contributed by atoms with Crippen LogP contribution in [0.2, 0.25) is 0 Å². The van der Waals surface area contributed by atoms with Crippen molar-refractivity contribution in [1.29, 1.82) is 0 Å². The third kappa shape index (κ3) is 6.31. The second-order valence-electron chi connectivity index (χ2n) is 6.46. The fraction of sp³-hybridized carbons (Fsp3) is 0.421. The monoisotopic (exact) mass is 482 g/mol. The van der Waals surface area contributed by atoms with Gasteiger partial charge in [-0.25, -0.2) is 4.98 Å². The van der Waals surface area contributed by atoms with Crippen LogP contribution in [0.4, 0.5) is 5.69 Å². The van der Waals surface area contributed by atoms with Crippen LogP contribution in [0.3, 0.4) is 0 Å². The molecule has 8 nitrogen and oxygen atoms in total. The Labute approximate surface area is 181 Å². The van der Waals surface area contributed by atoms with Crippen LogP contribution in [0.25, 0.3) is 0 Å². The summed E-state index contributed by atoms with van der Waals surface area (Å²) < 4.78 is 11.0. The number of carbonyl (C=O) groups excluding carboxylic acids is 2. The van der Waals surface area contributed by atoms with E-state index >= 15 is 0 Å². The SMILES string of the molecule is COCCNC(=O)c1cc(CN2CCOCC2)ccc1NC(=O)c1csc(Br)n1. The largest absolute Gasteiger partial charge is 0.383 e. The molecule has 1 aromatic heterocycles. The molecule has 1 aliphatic heterocycles. The topological polar surface area (TPSA) is 92.8 Å². The summed E-state index contributed by atoms with van der Waals surface area (Å²) in [4.78, 5) is 31.6. The summed E-state index contributed by atoms with van der Waals surface area (Å²) in [7, 11) is 1.58. The number of thiazole rings is 1. The maximum atomic E-state index is 12.7. The number of morpholine rings is 1. The summed E-state index contributed by atoms with van der Waals surface area (Å²) in [6.45, 7) is 4.64. The van der Waals surface area contributed by atoms with E-state index in [1.54, 1.807) is 18.6 Å². The highest BCUT2D eigenvalue weighted by atomic mass is 79.9. The number of hydrogen-bond acceptors (Lipinski definition) is 7. The van der Waals surface area contributed by atoms with Gasteiger partial charge in [0.25, 0.3) is 11.8 Å². The number of nitrogens with one attached hydrogen (secondary N) is 2. The van der Waals surface area contributed by atoms with Crippen LogP contribution >= 0.6 is 27.3 Å². The van der Waals surface area contributed by atoms with E-state index in [4.69, 9.17) is 9.47 Å². The number of carbonyl (C=O) groups is 2. The number of amides is 2. The van der Waals surface area contributed by atoms with E-state index in [0.717, 1.165) is 25.2 Å². The highest BCUT2D eigenvalue weighted by Crippen LogP contribution is 2.22. The van der Waals surface area contributed by atoms with Gasteiger partial charge in [0.15, 0.2) is 3.92 Å². The van der Waals surface area contributed by atoms with E-state index in [-0.39, 0.29) is 11.8 Å². The van der Waals surface area contributed by atoms with Crippen molar-refractivity contribution >= 4 is 44.8 Å². The first-order valence-corrected chi connectivity index (χ1v) is 10.9. The molecule has 10 heteroatoms. The number of nitrogens with zero attached hydrogens (tertiary/aromatic N) is 2. The van der Waals surface area contributed by atoms with Gasteiger partial charge >= 0.3 is 0 Å². The van der Waals surface area contributed by atoms with Gasteiger partial charge in [-0.3, -0.25) is 14.5 Å². The molecule has 2 amide bonds. The van der Waals surface area contributed by atoms with Crippen molar-refractivity contribution in [3.05, 3.63) is 44.3 Å². The minimum Gasteiger partial charge on any atom is -0.383 e. The van der Waals surface area contributed by atoms with Crippen molar-refractivity contribution in [3.8, 4) is 0 Å². The molecule has 1 aromatic carbocycles. The van der Waals surface area contributed by atoms with Crippen LogP contribution in [0, 0.1) is 0 Å². The fourth-order valence-corrected chi connectivity index (χ4v) is 3.90. The Morgan fingerprint density at radius 3 is 2.79 bits per heavy atom. The zero-order chi connectivity index (χ0) is 20.6. The van der Waals surface area contributed by atoms with Crippen LogP contribution in [-0.2, 0) is 16.0 Å². The lowest BCUT2D eigenvalue weighted by atomic mass is 10.1. The van der Waals surface area contributed by atoms with Gasteiger partial charge in [0.2, 0.25) is 0 Å². The van der Waals surface area contributed by atoms with Crippen LogP contribution in [0.15, 0.2) is 27.5 Å². The molecule has 2 heterocycles. The maximum Gasteiger partial charge on any atom is 0.275 e. The first-order chi connectivity index (χ1) is 14.1. The summed E-state index contributed by atoms with van der Waals surface area (Å²) in [5, 5.41) is 7.28. The summed E-state index contributed by atoms with van der Waals surface area (Å²) in [5.41, 5.74) is 2.15. The average Bonchev–Trinajstić information content (AvgIpc) is 3.16. The van der Waals surface area contributed by atoms with Gasteiger partial charge in [0, 0.05) is 38.7 Å². The van der Waals surface area contributed by atoms with Gasteiger partial charge in [0.05, 0.1) is 31.1 Å². The molecule has 2 aromatic rings. The van der Waals surface area contributed by atoms with Crippen molar-refractivity contribution in [3.63, 3.8) is 0 Å². The quantitative estimate of drug-likeness (QED) is 0.561. The van der Waals surface area contributed by atoms with Crippen LogP contribution in [-0.4, -0.2) is 68.3 Å². The number of benzene rings is 1. The highest BCUT2D eigenvalue weighted by molar-refractivity contribution is 9.11. The molecule has 3 rings (SSSR count). The number of aromatic nitrogens is 1. The second kappa shape index (κ2) is 10.8. The van der Waals surface area contributed by atoms with E-state index in [0.29, 0.717) is 47.2 Å². The Kier molecular flexibility index (Phi) is 8.13. The normalized spacial score (nSPS) is 14.6. The summed E-state index contributed by atoms with van der Waals surface area (Å²) in [6.07, 6.45) is 0. The van der Waals surface area contributed by atoms with Gasteiger partial charge < -0.3 is 20.1 Å². The van der Waals surface area contributed by atoms with Crippen molar-refractivity contribution in [2.75, 3.05) is 51.9 Å². The number of halogens is 1. The van der Waals surface area contributed by atoms with Crippen LogP contribution in [0.1, 0.15) is 26.4 Å². The molecule has 0 saturated carbocycles. The maximum absolute atomic E-state index is 12.7. The van der Waals surface area contributed by atoms with E-state index in [1.165, 1.54) is 11.3 Å². The zero-order valence-corrected chi connectivity index (χ0v) is 18.5. The average molecular weight is 483 g/mol. The lowest BCUT2D eigenvalue weighted by Crippen LogP contribution is -2.35. The standard InChI is InChI=1S/C19H23BrN4O4S/c1-27-7-4-21-17(25)14-10-13(11-24-5-8-28-9-6-24)2-3-15(14)22-18(26)16-12-29-19(20)23-16/h2-3,10,12H,4-9,11H2,1H3,(H,21,25)(H,22,26). The zero-order valence-electron chi connectivity index (χ0n) is 16.1. The van der Waals surface area contributed by atoms with E-state index in [2.05, 4.69) is 36.4 Å². The van der Waals surface area contributed by atoms with Gasteiger partial charge in [-0.1, -0.05) is 6.07 Å². The van der Waals surface area contributed by atoms with Gasteiger partial charge in [0.1, 0.15) is 5.69 Å². The first-order valence-electron chi connectivity index (χ1n) is 9.19. The number of ether oxygens (including phenoxy) is 2. The minimum absolute atomic E-state index is 0.263. The lowest BCUT2D eigenvalue weighted by molar-refractivity contribution is 0.0342. The number of methoxy groups -OCH3 is 1. The molecule has 29 heavy (non-hydrogen) atoms. The molecule has 1 saturated heterocycles. The van der Waals surface area contributed by atoms with Crippen molar-refractivity contribution < 1.29 is 19.1 Å². The molecule has 0 bridgehead atoms. The van der Waals surface area contributed by atoms with Crippen molar-refractivity contribution in [2.24, 2.45) is 0 Å². The molecule has 156 valence electrons. The molecule has 0 spiro atoms. The van der Waals surface area contributed by atoms with E-state index < -0.39 is 0 Å². The van der Waals surface area contributed by atoms with Crippen molar-refractivity contribution in [1.82, 2.24) is 15.2 Å². The number of rotatable bonds is 8. The minimum atomic E-state index is -0.362. The van der Waals surface area contributed by atoms with Gasteiger partial charge in [-0.05, 0) is 33.6 Å². The summed E-state index contributed by atoms with van der Waals surface area (Å²) in [6, 6.07) is 5.51. The van der Waals surface area contributed by atoms with Gasteiger partial charge in [-0.15, -0.1) is 11.3 Å². The van der Waals surface area contributed by atoms with Gasteiger partial charge in [-0.2, -0.15) is 0 Å². The second-order valence-corrected chi connectivity index (χ2v) is 8.59. The molecule has 0 unspecified atom stereocenters. The van der Waals surface area contributed by atoms with Crippen molar-refractivity contribution in [2.45, 2.75) is 6.54 Å². The predicted molar refractivity (Wildman–Crippen MR) is 115 cm³/mol. The highest BCUT2D eigenvalue weighted by Gasteiger charge is 2.18. The fourth-order valence-electron chi connectivity index (χ4n) is 2.91. The Bertz CT molecular complexity index is 854. The molecule has 0 atom stereocenters. The first kappa shape index (κ1) is 21.8. The molecule has 1 aliphatic rings. The molecular weight excluding hydrogens is 460 g/mol.